The topological polar surface area (TPSA) is 64.6 Å². The molecule has 1 aliphatic carbocycles. The van der Waals surface area contributed by atoms with Crippen molar-refractivity contribution >= 4 is 21.6 Å². The number of ether oxygens (including phenoxy) is 2. The zero-order valence-electron chi connectivity index (χ0n) is 14.8. The molecular formula is C18H26ClNO4S. The van der Waals surface area contributed by atoms with Gasteiger partial charge in [-0.1, -0.05) is 24.4 Å². The molecule has 2 aliphatic rings. The van der Waals surface area contributed by atoms with Crippen molar-refractivity contribution in [2.24, 2.45) is 5.92 Å². The van der Waals surface area contributed by atoms with Gasteiger partial charge in [-0.25, -0.2) is 13.1 Å². The van der Waals surface area contributed by atoms with Gasteiger partial charge in [-0.15, -0.1) is 0 Å². The average Bonchev–Trinajstić information content (AvgIpc) is 3.31. The Kier molecular flexibility index (Phi) is 5.63. The summed E-state index contributed by atoms with van der Waals surface area (Å²) in [5.74, 6) is 1.10. The average molecular weight is 388 g/mol. The van der Waals surface area contributed by atoms with Crippen LogP contribution in [-0.4, -0.2) is 33.3 Å². The van der Waals surface area contributed by atoms with Crippen LogP contribution in [0.5, 0.6) is 5.75 Å². The van der Waals surface area contributed by atoms with Crippen LogP contribution in [0.1, 0.15) is 46.0 Å². The van der Waals surface area contributed by atoms with Crippen LogP contribution in [0, 0.1) is 5.92 Å². The van der Waals surface area contributed by atoms with Gasteiger partial charge in [0.25, 0.3) is 0 Å². The molecule has 1 saturated carbocycles. The first-order valence-corrected chi connectivity index (χ1v) is 10.7. The van der Waals surface area contributed by atoms with Gasteiger partial charge >= 0.3 is 0 Å². The molecule has 0 unspecified atom stereocenters. The van der Waals surface area contributed by atoms with Gasteiger partial charge in [-0.05, 0) is 57.2 Å². The second-order valence-corrected chi connectivity index (χ2v) is 9.71. The minimum atomic E-state index is -3.71. The lowest BCUT2D eigenvalue weighted by Crippen LogP contribution is -2.45. The molecule has 0 spiro atoms. The fraction of sp³-hybridized carbons (Fsp3) is 0.667. The number of halogens is 1. The summed E-state index contributed by atoms with van der Waals surface area (Å²) >= 11 is 6.04. The van der Waals surface area contributed by atoms with Crippen molar-refractivity contribution in [3.8, 4) is 5.75 Å². The van der Waals surface area contributed by atoms with Crippen LogP contribution in [0.15, 0.2) is 23.1 Å². The van der Waals surface area contributed by atoms with Crippen molar-refractivity contribution in [2.75, 3.05) is 13.2 Å². The number of hydrogen-bond donors (Lipinski definition) is 1. The molecule has 1 aliphatic heterocycles. The van der Waals surface area contributed by atoms with Crippen LogP contribution in [0.3, 0.4) is 0 Å². The Balaban J connectivity index is 1.74. The molecule has 5 nitrogen and oxygen atoms in total. The van der Waals surface area contributed by atoms with Gasteiger partial charge in [0.2, 0.25) is 10.0 Å². The first kappa shape index (κ1) is 19.0. The number of sulfonamides is 1. The Morgan fingerprint density at radius 3 is 2.76 bits per heavy atom. The molecule has 0 amide bonds. The summed E-state index contributed by atoms with van der Waals surface area (Å²) in [5, 5.41) is 0.377. The van der Waals surface area contributed by atoms with Gasteiger partial charge in [0.05, 0.1) is 12.2 Å². The maximum atomic E-state index is 12.9. The molecule has 1 aromatic carbocycles. The highest BCUT2D eigenvalue weighted by atomic mass is 35.5. The first-order valence-electron chi connectivity index (χ1n) is 8.84. The van der Waals surface area contributed by atoms with E-state index < -0.39 is 10.0 Å². The quantitative estimate of drug-likeness (QED) is 0.773. The third-order valence-corrected chi connectivity index (χ3v) is 6.47. The SMILES string of the molecule is CC1(C)C[C@H](NS(=O)(=O)c2cc(Cl)ccc2OCCC2CC2)CCO1. The minimum Gasteiger partial charge on any atom is -0.492 e. The molecule has 1 atom stereocenters. The molecule has 1 aromatic rings. The van der Waals surface area contributed by atoms with Crippen molar-refractivity contribution in [1.29, 1.82) is 0 Å². The van der Waals surface area contributed by atoms with E-state index in [-0.39, 0.29) is 16.5 Å². The minimum absolute atomic E-state index is 0.111. The highest BCUT2D eigenvalue weighted by Gasteiger charge is 2.32. The monoisotopic (exact) mass is 387 g/mol. The number of hydrogen-bond acceptors (Lipinski definition) is 4. The zero-order valence-corrected chi connectivity index (χ0v) is 16.3. The predicted octanol–water partition coefficient (Wildman–Crippen LogP) is 3.75. The molecule has 1 saturated heterocycles. The summed E-state index contributed by atoms with van der Waals surface area (Å²) in [6, 6.07) is 4.59. The van der Waals surface area contributed by atoms with E-state index in [1.165, 1.54) is 18.9 Å². The van der Waals surface area contributed by atoms with Crippen molar-refractivity contribution in [3.05, 3.63) is 23.2 Å². The summed E-state index contributed by atoms with van der Waals surface area (Å²) < 4.78 is 40.0. The molecule has 2 fully saturated rings. The third-order valence-electron chi connectivity index (χ3n) is 4.69. The number of rotatable bonds is 7. The van der Waals surface area contributed by atoms with E-state index in [1.807, 2.05) is 13.8 Å². The van der Waals surface area contributed by atoms with Crippen LogP contribution in [0.4, 0.5) is 0 Å². The largest absolute Gasteiger partial charge is 0.492 e. The Morgan fingerprint density at radius 1 is 1.32 bits per heavy atom. The van der Waals surface area contributed by atoms with Crippen LogP contribution >= 0.6 is 11.6 Å². The van der Waals surface area contributed by atoms with Crippen LogP contribution in [0.25, 0.3) is 0 Å². The maximum Gasteiger partial charge on any atom is 0.244 e. The first-order chi connectivity index (χ1) is 11.8. The Morgan fingerprint density at radius 2 is 2.08 bits per heavy atom. The lowest BCUT2D eigenvalue weighted by molar-refractivity contribution is -0.0599. The second kappa shape index (κ2) is 7.43. The summed E-state index contributed by atoms with van der Waals surface area (Å²) in [4.78, 5) is 0.111. The summed E-state index contributed by atoms with van der Waals surface area (Å²) in [5.41, 5.74) is -0.330. The van der Waals surface area contributed by atoms with Gasteiger partial charge in [0, 0.05) is 17.7 Å². The van der Waals surface area contributed by atoms with Crippen LogP contribution in [-0.2, 0) is 14.8 Å². The van der Waals surface area contributed by atoms with Gasteiger partial charge in [-0.3, -0.25) is 0 Å². The van der Waals surface area contributed by atoms with Gasteiger partial charge in [0.15, 0.2) is 0 Å². The zero-order chi connectivity index (χ0) is 18.1. The molecule has 1 heterocycles. The molecule has 140 valence electrons. The fourth-order valence-electron chi connectivity index (χ4n) is 3.17. The summed E-state index contributed by atoms with van der Waals surface area (Å²) in [6.45, 7) is 5.01. The van der Waals surface area contributed by atoms with Crippen molar-refractivity contribution < 1.29 is 17.9 Å². The van der Waals surface area contributed by atoms with Crippen LogP contribution in [0.2, 0.25) is 5.02 Å². The van der Waals surface area contributed by atoms with Gasteiger partial charge in [0.1, 0.15) is 10.6 Å². The third kappa shape index (κ3) is 5.33. The van der Waals surface area contributed by atoms with E-state index in [1.54, 1.807) is 12.1 Å². The molecule has 3 rings (SSSR count). The van der Waals surface area contributed by atoms with Crippen LogP contribution < -0.4 is 9.46 Å². The van der Waals surface area contributed by atoms with Crippen molar-refractivity contribution in [3.63, 3.8) is 0 Å². The van der Waals surface area contributed by atoms with E-state index in [0.29, 0.717) is 36.8 Å². The second-order valence-electron chi connectivity index (χ2n) is 7.59. The molecular weight excluding hydrogens is 362 g/mol. The molecule has 1 N–H and O–H groups in total. The summed E-state index contributed by atoms with van der Waals surface area (Å²) in [7, 11) is -3.71. The van der Waals surface area contributed by atoms with E-state index in [2.05, 4.69) is 4.72 Å². The Labute approximate surface area is 155 Å². The fourth-order valence-corrected chi connectivity index (χ4v) is 4.85. The Hall–Kier alpha value is -0.820. The Bertz CT molecular complexity index is 716. The molecule has 0 aromatic heterocycles. The normalized spacial score (nSPS) is 23.4. The van der Waals surface area contributed by atoms with E-state index in [0.717, 1.165) is 12.3 Å². The smallest absolute Gasteiger partial charge is 0.244 e. The van der Waals surface area contributed by atoms with Crippen molar-refractivity contribution in [2.45, 2.75) is 62.5 Å². The van der Waals surface area contributed by atoms with E-state index in [4.69, 9.17) is 21.1 Å². The van der Waals surface area contributed by atoms with Crippen molar-refractivity contribution in [1.82, 2.24) is 4.72 Å². The maximum absolute atomic E-state index is 12.9. The standard InChI is InChI=1S/C18H26ClNO4S/c1-18(2)12-15(8-10-24-18)20-25(21,22)17-11-14(19)5-6-16(17)23-9-7-13-3-4-13/h5-6,11,13,15,20H,3-4,7-10,12H2,1-2H3/t15-/m1/s1. The molecule has 0 bridgehead atoms. The highest BCUT2D eigenvalue weighted by Crippen LogP contribution is 2.34. The van der Waals surface area contributed by atoms with Gasteiger partial charge in [-0.2, -0.15) is 0 Å². The van der Waals surface area contributed by atoms with Gasteiger partial charge < -0.3 is 9.47 Å². The molecule has 25 heavy (non-hydrogen) atoms. The lowest BCUT2D eigenvalue weighted by Gasteiger charge is -2.35. The van der Waals surface area contributed by atoms with E-state index >= 15 is 0 Å². The molecule has 7 heteroatoms. The highest BCUT2D eigenvalue weighted by molar-refractivity contribution is 7.89. The predicted molar refractivity (Wildman–Crippen MR) is 97.7 cm³/mol. The number of nitrogens with one attached hydrogen (secondary N) is 1. The molecule has 0 radical (unpaired) electrons. The lowest BCUT2D eigenvalue weighted by atomic mass is 9.95. The summed E-state index contributed by atoms with van der Waals surface area (Å²) in [6.07, 6.45) is 4.74. The van der Waals surface area contributed by atoms with E-state index in [9.17, 15) is 8.42 Å². The number of benzene rings is 1.